The summed E-state index contributed by atoms with van der Waals surface area (Å²) in [7, 11) is 0. The molecule has 1 aliphatic carbocycles. The molecule has 0 aromatic carbocycles. The highest BCUT2D eigenvalue weighted by Gasteiger charge is 2.41. The van der Waals surface area contributed by atoms with Crippen molar-refractivity contribution in [3.05, 3.63) is 23.8 Å². The summed E-state index contributed by atoms with van der Waals surface area (Å²) in [4.78, 5) is 18.6. The smallest absolute Gasteiger partial charge is 0.338 e. The summed E-state index contributed by atoms with van der Waals surface area (Å²) >= 11 is 0. The van der Waals surface area contributed by atoms with Gasteiger partial charge in [0.1, 0.15) is 5.82 Å². The molecule has 0 atom stereocenters. The van der Waals surface area contributed by atoms with Crippen molar-refractivity contribution in [3.63, 3.8) is 0 Å². The second-order valence-electron chi connectivity index (χ2n) is 3.66. The molecule has 4 heteroatoms. The number of nitrogens with zero attached hydrogens (tertiary/aromatic N) is 2. The van der Waals surface area contributed by atoms with Crippen LogP contribution in [0.2, 0.25) is 0 Å². The lowest BCUT2D eigenvalue weighted by molar-refractivity contribution is 0.0696. The summed E-state index contributed by atoms with van der Waals surface area (Å²) in [6, 6.07) is 0. The second kappa shape index (κ2) is 2.52. The first-order valence-corrected chi connectivity index (χ1v) is 4.18. The molecule has 0 amide bonds. The lowest BCUT2D eigenvalue weighted by Gasteiger charge is -2.04. The van der Waals surface area contributed by atoms with Crippen LogP contribution in [0.4, 0.5) is 0 Å². The third-order valence-electron chi connectivity index (χ3n) is 2.44. The number of hydrogen-bond donors (Lipinski definition) is 1. The van der Waals surface area contributed by atoms with Gasteiger partial charge in [0.15, 0.2) is 0 Å². The highest BCUT2D eigenvalue weighted by atomic mass is 16.4. The number of hydrogen-bond acceptors (Lipinski definition) is 3. The Balaban J connectivity index is 2.28. The third-order valence-corrected chi connectivity index (χ3v) is 2.44. The molecule has 0 saturated heterocycles. The Morgan fingerprint density at radius 3 is 2.38 bits per heavy atom. The van der Waals surface area contributed by atoms with E-state index >= 15 is 0 Å². The van der Waals surface area contributed by atoms with Crippen molar-refractivity contribution in [2.75, 3.05) is 0 Å². The molecule has 1 aliphatic rings. The van der Waals surface area contributed by atoms with Gasteiger partial charge in [0.25, 0.3) is 0 Å². The van der Waals surface area contributed by atoms with Crippen LogP contribution in [0.15, 0.2) is 12.4 Å². The molecule has 0 bridgehead atoms. The minimum Gasteiger partial charge on any atom is -0.478 e. The summed E-state index contributed by atoms with van der Waals surface area (Å²) in [6.45, 7) is 2.09. The van der Waals surface area contributed by atoms with E-state index in [4.69, 9.17) is 5.11 Å². The van der Waals surface area contributed by atoms with Gasteiger partial charge in [-0.25, -0.2) is 14.8 Å². The molecular weight excluding hydrogens is 168 g/mol. The van der Waals surface area contributed by atoms with Crippen LogP contribution in [0.5, 0.6) is 0 Å². The molecule has 2 rings (SSSR count). The van der Waals surface area contributed by atoms with E-state index in [0.717, 1.165) is 18.7 Å². The van der Waals surface area contributed by atoms with E-state index < -0.39 is 5.97 Å². The standard InChI is InChI=1S/C9H10N2O2/c1-9(2-3-9)8-10-4-6(5-11-8)7(12)13/h4-5H,2-3H2,1H3,(H,12,13). The number of carboxylic acid groups (broad SMARTS) is 1. The van der Waals surface area contributed by atoms with Crippen molar-refractivity contribution in [1.29, 1.82) is 0 Å². The molecule has 4 nitrogen and oxygen atoms in total. The molecule has 1 aromatic rings. The van der Waals surface area contributed by atoms with Gasteiger partial charge in [-0.15, -0.1) is 0 Å². The number of carbonyl (C=O) groups is 1. The van der Waals surface area contributed by atoms with E-state index in [-0.39, 0.29) is 11.0 Å². The monoisotopic (exact) mass is 178 g/mol. The average molecular weight is 178 g/mol. The minimum atomic E-state index is -0.979. The Morgan fingerprint density at radius 2 is 2.00 bits per heavy atom. The molecule has 1 aromatic heterocycles. The van der Waals surface area contributed by atoms with Crippen molar-refractivity contribution < 1.29 is 9.90 Å². The molecule has 1 saturated carbocycles. The van der Waals surface area contributed by atoms with E-state index in [2.05, 4.69) is 16.9 Å². The fourth-order valence-electron chi connectivity index (χ4n) is 1.16. The lowest BCUT2D eigenvalue weighted by Crippen LogP contribution is -2.08. The van der Waals surface area contributed by atoms with Crippen molar-refractivity contribution in [2.45, 2.75) is 25.2 Å². The van der Waals surface area contributed by atoms with Gasteiger partial charge in [-0.2, -0.15) is 0 Å². The van der Waals surface area contributed by atoms with E-state index in [1.807, 2.05) is 0 Å². The quantitative estimate of drug-likeness (QED) is 0.739. The van der Waals surface area contributed by atoms with Gasteiger partial charge in [0.2, 0.25) is 0 Å². The van der Waals surface area contributed by atoms with Crippen LogP contribution in [-0.4, -0.2) is 21.0 Å². The van der Waals surface area contributed by atoms with Crippen LogP contribution in [0.25, 0.3) is 0 Å². The molecule has 1 N–H and O–H groups in total. The Morgan fingerprint density at radius 1 is 1.46 bits per heavy atom. The molecule has 0 spiro atoms. The predicted octanol–water partition coefficient (Wildman–Crippen LogP) is 1.23. The van der Waals surface area contributed by atoms with E-state index in [9.17, 15) is 4.79 Å². The summed E-state index contributed by atoms with van der Waals surface area (Å²) in [6.07, 6.45) is 4.93. The minimum absolute atomic E-state index is 0.108. The second-order valence-corrected chi connectivity index (χ2v) is 3.66. The largest absolute Gasteiger partial charge is 0.478 e. The highest BCUT2D eigenvalue weighted by molar-refractivity contribution is 5.86. The topological polar surface area (TPSA) is 63.1 Å². The van der Waals surface area contributed by atoms with Gasteiger partial charge in [0, 0.05) is 17.8 Å². The first-order valence-electron chi connectivity index (χ1n) is 4.18. The summed E-state index contributed by atoms with van der Waals surface area (Å²) in [5, 5.41) is 8.61. The first kappa shape index (κ1) is 8.16. The number of rotatable bonds is 2. The van der Waals surface area contributed by atoms with Gasteiger partial charge < -0.3 is 5.11 Å². The lowest BCUT2D eigenvalue weighted by atomic mass is 10.1. The van der Waals surface area contributed by atoms with Gasteiger partial charge in [-0.1, -0.05) is 6.92 Å². The van der Waals surface area contributed by atoms with Crippen LogP contribution < -0.4 is 0 Å². The predicted molar refractivity (Wildman–Crippen MR) is 45.6 cm³/mol. The summed E-state index contributed by atoms with van der Waals surface area (Å²) in [5.74, 6) is -0.218. The van der Waals surface area contributed by atoms with Crippen molar-refractivity contribution >= 4 is 5.97 Å². The van der Waals surface area contributed by atoms with E-state index in [1.165, 1.54) is 12.4 Å². The molecule has 68 valence electrons. The average Bonchev–Trinajstić information content (AvgIpc) is 2.85. The molecule has 0 aliphatic heterocycles. The molecular formula is C9H10N2O2. The van der Waals surface area contributed by atoms with Gasteiger partial charge >= 0.3 is 5.97 Å². The van der Waals surface area contributed by atoms with Crippen LogP contribution in [0, 0.1) is 0 Å². The number of aromatic nitrogens is 2. The molecule has 13 heavy (non-hydrogen) atoms. The molecule has 1 fully saturated rings. The maximum absolute atomic E-state index is 10.5. The van der Waals surface area contributed by atoms with Crippen LogP contribution in [0.1, 0.15) is 35.9 Å². The van der Waals surface area contributed by atoms with Crippen LogP contribution >= 0.6 is 0 Å². The fourth-order valence-corrected chi connectivity index (χ4v) is 1.16. The normalized spacial score (nSPS) is 18.2. The number of carboxylic acids is 1. The highest BCUT2D eigenvalue weighted by Crippen LogP contribution is 2.45. The van der Waals surface area contributed by atoms with Crippen molar-refractivity contribution in [2.24, 2.45) is 0 Å². The maximum atomic E-state index is 10.5. The van der Waals surface area contributed by atoms with Crippen LogP contribution in [0.3, 0.4) is 0 Å². The van der Waals surface area contributed by atoms with Crippen molar-refractivity contribution in [3.8, 4) is 0 Å². The maximum Gasteiger partial charge on any atom is 0.338 e. The zero-order valence-electron chi connectivity index (χ0n) is 7.32. The summed E-state index contributed by atoms with van der Waals surface area (Å²) in [5.41, 5.74) is 0.254. The van der Waals surface area contributed by atoms with Gasteiger partial charge in [-0.05, 0) is 12.8 Å². The zero-order chi connectivity index (χ0) is 9.47. The Hall–Kier alpha value is -1.45. The molecule has 0 unspecified atom stereocenters. The van der Waals surface area contributed by atoms with E-state index in [0.29, 0.717) is 0 Å². The first-order chi connectivity index (χ1) is 6.12. The Bertz CT molecular complexity index is 341. The SMILES string of the molecule is CC1(c2ncc(C(=O)O)cn2)CC1. The third kappa shape index (κ3) is 1.39. The Labute approximate surface area is 75.6 Å². The van der Waals surface area contributed by atoms with E-state index in [1.54, 1.807) is 0 Å². The van der Waals surface area contributed by atoms with Gasteiger partial charge in [-0.3, -0.25) is 0 Å². The molecule has 1 heterocycles. The summed E-state index contributed by atoms with van der Waals surface area (Å²) < 4.78 is 0. The molecule has 0 radical (unpaired) electrons. The van der Waals surface area contributed by atoms with Gasteiger partial charge in [0.05, 0.1) is 5.56 Å². The van der Waals surface area contributed by atoms with Crippen molar-refractivity contribution in [1.82, 2.24) is 9.97 Å². The number of aromatic carboxylic acids is 1. The fraction of sp³-hybridized carbons (Fsp3) is 0.444. The zero-order valence-corrected chi connectivity index (χ0v) is 7.32. The Kier molecular flexibility index (Phi) is 1.58. The van der Waals surface area contributed by atoms with Crippen LogP contribution in [-0.2, 0) is 5.41 Å².